The van der Waals surface area contributed by atoms with E-state index in [1.165, 1.54) is 12.1 Å². The van der Waals surface area contributed by atoms with E-state index >= 15 is 0 Å². The molecule has 0 bridgehead atoms. The summed E-state index contributed by atoms with van der Waals surface area (Å²) in [6, 6.07) is 20.3. The Hall–Kier alpha value is -3.14. The first-order chi connectivity index (χ1) is 13.5. The van der Waals surface area contributed by atoms with Gasteiger partial charge in [0.25, 0.3) is 0 Å². The fraction of sp³-hybridized carbons (Fsp3) is 0.208. The molecule has 0 saturated heterocycles. The van der Waals surface area contributed by atoms with E-state index in [1.807, 2.05) is 19.1 Å². The number of benzene rings is 3. The second-order valence-electron chi connectivity index (χ2n) is 6.66. The van der Waals surface area contributed by atoms with Gasteiger partial charge < -0.3 is 9.47 Å². The molecule has 0 aliphatic heterocycles. The third kappa shape index (κ3) is 5.19. The number of hydrogen-bond donors (Lipinski definition) is 0. The maximum Gasteiger partial charge on any atom is 0.343 e. The fourth-order valence-corrected chi connectivity index (χ4v) is 2.89. The Morgan fingerprint density at radius 3 is 1.96 bits per heavy atom. The smallest absolute Gasteiger partial charge is 0.343 e. The molecule has 1 unspecified atom stereocenters. The highest BCUT2D eigenvalue weighted by Gasteiger charge is 2.10. The number of rotatable bonds is 7. The first kappa shape index (κ1) is 19.6. The van der Waals surface area contributed by atoms with Crippen molar-refractivity contribution in [3.05, 3.63) is 84.2 Å². The van der Waals surface area contributed by atoms with Crippen LogP contribution in [0.15, 0.2) is 72.8 Å². The lowest BCUT2D eigenvalue weighted by Gasteiger charge is -2.13. The minimum absolute atomic E-state index is 0.141. The molecule has 1 atom stereocenters. The molecule has 0 saturated carbocycles. The zero-order valence-corrected chi connectivity index (χ0v) is 16.0. The summed E-state index contributed by atoms with van der Waals surface area (Å²) < 4.78 is 24.3. The van der Waals surface area contributed by atoms with Crippen molar-refractivity contribution in [1.82, 2.24) is 0 Å². The standard InChI is InChI=1S/C24H23FO3/c1-3-4-17(2)27-22-15-9-20(10-16-22)24(26)28-23-13-7-19(8-14-23)18-5-11-21(25)12-6-18/h5-17H,3-4H2,1-2H3. The van der Waals surface area contributed by atoms with Crippen LogP contribution >= 0.6 is 0 Å². The molecule has 28 heavy (non-hydrogen) atoms. The lowest BCUT2D eigenvalue weighted by Crippen LogP contribution is -2.11. The van der Waals surface area contributed by atoms with E-state index in [4.69, 9.17) is 9.47 Å². The molecule has 3 rings (SSSR count). The third-order valence-corrected chi connectivity index (χ3v) is 4.36. The summed E-state index contributed by atoms with van der Waals surface area (Å²) >= 11 is 0. The van der Waals surface area contributed by atoms with E-state index in [-0.39, 0.29) is 11.9 Å². The maximum absolute atomic E-state index is 13.0. The van der Waals surface area contributed by atoms with Crippen LogP contribution in [-0.2, 0) is 0 Å². The van der Waals surface area contributed by atoms with Crippen LogP contribution in [0.2, 0.25) is 0 Å². The van der Waals surface area contributed by atoms with E-state index in [2.05, 4.69) is 6.92 Å². The first-order valence-electron chi connectivity index (χ1n) is 9.40. The van der Waals surface area contributed by atoms with Crippen LogP contribution in [0.25, 0.3) is 11.1 Å². The Morgan fingerprint density at radius 1 is 0.857 bits per heavy atom. The second-order valence-corrected chi connectivity index (χ2v) is 6.66. The van der Waals surface area contributed by atoms with Crippen molar-refractivity contribution in [2.45, 2.75) is 32.8 Å². The molecule has 3 aromatic carbocycles. The first-order valence-corrected chi connectivity index (χ1v) is 9.40. The van der Waals surface area contributed by atoms with Gasteiger partial charge in [-0.3, -0.25) is 0 Å². The van der Waals surface area contributed by atoms with Crippen LogP contribution in [0.1, 0.15) is 37.0 Å². The lowest BCUT2D eigenvalue weighted by molar-refractivity contribution is 0.0734. The number of halogens is 1. The Kier molecular flexibility index (Phi) is 6.43. The molecule has 0 aromatic heterocycles. The van der Waals surface area contributed by atoms with E-state index < -0.39 is 5.97 Å². The average molecular weight is 378 g/mol. The molecule has 144 valence electrons. The van der Waals surface area contributed by atoms with Crippen molar-refractivity contribution in [2.24, 2.45) is 0 Å². The Bertz CT molecular complexity index is 900. The summed E-state index contributed by atoms with van der Waals surface area (Å²) in [7, 11) is 0. The van der Waals surface area contributed by atoms with Gasteiger partial charge in [0, 0.05) is 0 Å². The number of ether oxygens (including phenoxy) is 2. The Labute approximate surface area is 164 Å². The van der Waals surface area contributed by atoms with Gasteiger partial charge in [-0.05, 0) is 73.0 Å². The molecule has 0 heterocycles. The highest BCUT2D eigenvalue weighted by molar-refractivity contribution is 5.91. The monoisotopic (exact) mass is 378 g/mol. The topological polar surface area (TPSA) is 35.5 Å². The predicted molar refractivity (Wildman–Crippen MR) is 108 cm³/mol. The number of carbonyl (C=O) groups is 1. The molecule has 3 nitrogen and oxygen atoms in total. The van der Waals surface area contributed by atoms with Crippen molar-refractivity contribution in [2.75, 3.05) is 0 Å². The SMILES string of the molecule is CCCC(C)Oc1ccc(C(=O)Oc2ccc(-c3ccc(F)cc3)cc2)cc1. The van der Waals surface area contributed by atoms with Crippen LogP contribution in [0, 0.1) is 5.82 Å². The Balaban J connectivity index is 1.62. The number of esters is 1. The molecule has 0 radical (unpaired) electrons. The quantitative estimate of drug-likeness (QED) is 0.358. The summed E-state index contributed by atoms with van der Waals surface area (Å²) in [5.74, 6) is 0.488. The molecular weight excluding hydrogens is 355 g/mol. The van der Waals surface area contributed by atoms with Gasteiger partial charge >= 0.3 is 5.97 Å². The average Bonchev–Trinajstić information content (AvgIpc) is 2.70. The minimum atomic E-state index is -0.428. The summed E-state index contributed by atoms with van der Waals surface area (Å²) in [4.78, 5) is 12.3. The molecule has 0 aliphatic rings. The molecule has 4 heteroatoms. The van der Waals surface area contributed by atoms with Gasteiger partial charge in [-0.1, -0.05) is 37.6 Å². The van der Waals surface area contributed by atoms with Crippen LogP contribution in [-0.4, -0.2) is 12.1 Å². The second kappa shape index (κ2) is 9.18. The van der Waals surface area contributed by atoms with Crippen molar-refractivity contribution in [3.8, 4) is 22.6 Å². The summed E-state index contributed by atoms with van der Waals surface area (Å²) in [6.45, 7) is 4.15. The van der Waals surface area contributed by atoms with Crippen molar-refractivity contribution in [1.29, 1.82) is 0 Å². The molecular formula is C24H23FO3. The van der Waals surface area contributed by atoms with E-state index in [0.717, 1.165) is 29.7 Å². The van der Waals surface area contributed by atoms with E-state index in [1.54, 1.807) is 48.5 Å². The lowest BCUT2D eigenvalue weighted by atomic mass is 10.1. The molecule has 0 spiro atoms. The van der Waals surface area contributed by atoms with E-state index in [9.17, 15) is 9.18 Å². The third-order valence-electron chi connectivity index (χ3n) is 4.36. The van der Waals surface area contributed by atoms with Crippen LogP contribution < -0.4 is 9.47 Å². The zero-order valence-electron chi connectivity index (χ0n) is 16.0. The van der Waals surface area contributed by atoms with Gasteiger partial charge in [0.15, 0.2) is 0 Å². The van der Waals surface area contributed by atoms with Crippen LogP contribution in [0.4, 0.5) is 4.39 Å². The van der Waals surface area contributed by atoms with E-state index in [0.29, 0.717) is 11.3 Å². The molecule has 0 amide bonds. The zero-order chi connectivity index (χ0) is 19.9. The number of carbonyl (C=O) groups excluding carboxylic acids is 1. The molecule has 3 aromatic rings. The molecule has 0 N–H and O–H groups in total. The highest BCUT2D eigenvalue weighted by atomic mass is 19.1. The minimum Gasteiger partial charge on any atom is -0.491 e. The van der Waals surface area contributed by atoms with Crippen LogP contribution in [0.5, 0.6) is 11.5 Å². The van der Waals surface area contributed by atoms with Gasteiger partial charge in [-0.2, -0.15) is 0 Å². The van der Waals surface area contributed by atoms with Crippen LogP contribution in [0.3, 0.4) is 0 Å². The van der Waals surface area contributed by atoms with Gasteiger partial charge in [-0.15, -0.1) is 0 Å². The Morgan fingerprint density at radius 2 is 1.39 bits per heavy atom. The van der Waals surface area contributed by atoms with Gasteiger partial charge in [-0.25, -0.2) is 9.18 Å². The summed E-state index contributed by atoms with van der Waals surface area (Å²) in [5, 5.41) is 0. The molecule has 0 fully saturated rings. The fourth-order valence-electron chi connectivity index (χ4n) is 2.89. The predicted octanol–water partition coefficient (Wildman–Crippen LogP) is 6.28. The van der Waals surface area contributed by atoms with Gasteiger partial charge in [0.1, 0.15) is 17.3 Å². The van der Waals surface area contributed by atoms with Crippen molar-refractivity contribution in [3.63, 3.8) is 0 Å². The van der Waals surface area contributed by atoms with Crippen molar-refractivity contribution >= 4 is 5.97 Å². The van der Waals surface area contributed by atoms with Gasteiger partial charge in [0.05, 0.1) is 11.7 Å². The largest absolute Gasteiger partial charge is 0.491 e. The highest BCUT2D eigenvalue weighted by Crippen LogP contribution is 2.23. The van der Waals surface area contributed by atoms with Gasteiger partial charge in [0.2, 0.25) is 0 Å². The maximum atomic E-state index is 13.0. The van der Waals surface area contributed by atoms with Crippen molar-refractivity contribution < 1.29 is 18.7 Å². The molecule has 0 aliphatic carbocycles. The summed E-state index contributed by atoms with van der Waals surface area (Å²) in [5.41, 5.74) is 2.27. The number of hydrogen-bond acceptors (Lipinski definition) is 3. The normalized spacial score (nSPS) is 11.7. The summed E-state index contributed by atoms with van der Waals surface area (Å²) in [6.07, 6.45) is 2.19.